The van der Waals surface area contributed by atoms with Gasteiger partial charge in [-0.05, 0) is 56.2 Å². The van der Waals surface area contributed by atoms with Gasteiger partial charge in [0.15, 0.2) is 6.10 Å². The van der Waals surface area contributed by atoms with Crippen molar-refractivity contribution in [3.63, 3.8) is 0 Å². The number of carbonyl (C=O) groups excluding carboxylic acids is 2. The van der Waals surface area contributed by atoms with Gasteiger partial charge in [0.2, 0.25) is 11.8 Å². The Morgan fingerprint density at radius 2 is 1.83 bits per heavy atom. The fourth-order valence-corrected chi connectivity index (χ4v) is 3.23. The minimum atomic E-state index is -0.684. The normalized spacial score (nSPS) is 15.2. The number of amides is 1. The van der Waals surface area contributed by atoms with E-state index in [4.69, 9.17) is 9.15 Å². The van der Waals surface area contributed by atoms with Crippen LogP contribution >= 0.6 is 0 Å². The van der Waals surface area contributed by atoms with Crippen molar-refractivity contribution in [2.75, 3.05) is 11.4 Å². The van der Waals surface area contributed by atoms with Gasteiger partial charge in [-0.3, -0.25) is 4.79 Å². The van der Waals surface area contributed by atoms with Gasteiger partial charge in [0, 0.05) is 24.2 Å². The zero-order valence-corrected chi connectivity index (χ0v) is 16.1. The van der Waals surface area contributed by atoms with Gasteiger partial charge < -0.3 is 14.1 Å². The summed E-state index contributed by atoms with van der Waals surface area (Å²) in [6, 6.07) is 16.2. The van der Waals surface area contributed by atoms with Crippen LogP contribution in [0.2, 0.25) is 0 Å². The van der Waals surface area contributed by atoms with Crippen LogP contribution < -0.4 is 4.90 Å². The molecule has 3 aromatic rings. The van der Waals surface area contributed by atoms with Crippen LogP contribution in [0.5, 0.6) is 0 Å². The molecule has 1 aliphatic heterocycles. The molecule has 7 heteroatoms. The average molecular weight is 391 g/mol. The number of anilines is 1. The van der Waals surface area contributed by atoms with Crippen LogP contribution in [0.25, 0.3) is 11.5 Å². The van der Waals surface area contributed by atoms with Crippen LogP contribution in [0.4, 0.5) is 5.69 Å². The average Bonchev–Trinajstić information content (AvgIpc) is 3.25. The van der Waals surface area contributed by atoms with E-state index >= 15 is 0 Å². The third-order valence-corrected chi connectivity index (χ3v) is 4.83. The lowest BCUT2D eigenvalue weighted by atomic mass is 10.1. The fraction of sp³-hybridized carbons (Fsp3) is 0.273. The molecule has 0 N–H and O–H groups in total. The number of ether oxygens (including phenoxy) is 1. The van der Waals surface area contributed by atoms with Crippen LogP contribution in [-0.2, 0) is 9.53 Å². The number of esters is 1. The van der Waals surface area contributed by atoms with Crippen LogP contribution in [-0.4, -0.2) is 28.6 Å². The van der Waals surface area contributed by atoms with Crippen LogP contribution in [0.3, 0.4) is 0 Å². The van der Waals surface area contributed by atoms with Crippen LogP contribution in [0, 0.1) is 0 Å². The van der Waals surface area contributed by atoms with Gasteiger partial charge >= 0.3 is 5.97 Å². The Balaban J connectivity index is 1.41. The number of piperidine rings is 1. The Bertz CT molecular complexity index is 998. The lowest BCUT2D eigenvalue weighted by molar-refractivity contribution is -0.119. The summed E-state index contributed by atoms with van der Waals surface area (Å²) in [5, 5.41) is 8.00. The summed E-state index contributed by atoms with van der Waals surface area (Å²) in [4.78, 5) is 26.3. The molecule has 0 spiro atoms. The van der Waals surface area contributed by atoms with Crippen LogP contribution in [0.15, 0.2) is 59.0 Å². The Morgan fingerprint density at radius 1 is 1.07 bits per heavy atom. The quantitative estimate of drug-likeness (QED) is 0.607. The second-order valence-corrected chi connectivity index (χ2v) is 6.91. The number of benzene rings is 2. The van der Waals surface area contributed by atoms with E-state index in [0.29, 0.717) is 24.4 Å². The number of hydrogen-bond acceptors (Lipinski definition) is 6. The second kappa shape index (κ2) is 8.26. The van der Waals surface area contributed by atoms with E-state index in [2.05, 4.69) is 10.2 Å². The molecule has 1 amide bonds. The molecule has 1 saturated heterocycles. The molecule has 1 atom stereocenters. The second-order valence-electron chi connectivity index (χ2n) is 6.91. The first kappa shape index (κ1) is 18.9. The van der Waals surface area contributed by atoms with Crippen molar-refractivity contribution < 1.29 is 18.7 Å². The minimum absolute atomic E-state index is 0.116. The maximum atomic E-state index is 12.5. The zero-order chi connectivity index (χ0) is 20.2. The van der Waals surface area contributed by atoms with Crippen LogP contribution in [0.1, 0.15) is 48.5 Å². The lowest BCUT2D eigenvalue weighted by Gasteiger charge is -2.26. The fourth-order valence-electron chi connectivity index (χ4n) is 3.23. The summed E-state index contributed by atoms with van der Waals surface area (Å²) in [6.07, 6.45) is 1.80. The van der Waals surface area contributed by atoms with E-state index in [1.54, 1.807) is 36.1 Å². The standard InChI is InChI=1S/C22H21N3O4/c1-15(20-23-24-21(29-20)16-7-3-2-4-8-16)28-22(27)17-10-12-18(13-11-17)25-14-6-5-9-19(25)26/h2-4,7-8,10-13,15H,5-6,9,14H2,1H3. The van der Waals surface area contributed by atoms with E-state index in [0.717, 1.165) is 24.1 Å². The SMILES string of the molecule is CC(OC(=O)c1ccc(N2CCCCC2=O)cc1)c1nnc(-c2ccccc2)o1. The molecule has 0 radical (unpaired) electrons. The molecule has 2 aromatic carbocycles. The zero-order valence-electron chi connectivity index (χ0n) is 16.1. The summed E-state index contributed by atoms with van der Waals surface area (Å²) in [5.74, 6) is 0.228. The Morgan fingerprint density at radius 3 is 2.55 bits per heavy atom. The lowest BCUT2D eigenvalue weighted by Crippen LogP contribution is -2.35. The summed E-state index contributed by atoms with van der Waals surface area (Å²) in [7, 11) is 0. The highest BCUT2D eigenvalue weighted by Gasteiger charge is 2.22. The van der Waals surface area contributed by atoms with E-state index in [1.165, 1.54) is 0 Å². The Kier molecular flexibility index (Phi) is 5.37. The van der Waals surface area contributed by atoms with E-state index in [9.17, 15) is 9.59 Å². The number of hydrogen-bond donors (Lipinski definition) is 0. The summed E-state index contributed by atoms with van der Waals surface area (Å²) in [6.45, 7) is 2.39. The van der Waals surface area contributed by atoms with E-state index in [1.807, 2.05) is 30.3 Å². The largest absolute Gasteiger partial charge is 0.449 e. The van der Waals surface area contributed by atoms with Crippen molar-refractivity contribution in [1.29, 1.82) is 0 Å². The Hall–Kier alpha value is -3.48. The third kappa shape index (κ3) is 4.18. The van der Waals surface area contributed by atoms with E-state index in [-0.39, 0.29) is 11.8 Å². The first-order valence-corrected chi connectivity index (χ1v) is 9.62. The monoisotopic (exact) mass is 391 g/mol. The molecule has 29 heavy (non-hydrogen) atoms. The highest BCUT2D eigenvalue weighted by atomic mass is 16.6. The number of nitrogens with zero attached hydrogens (tertiary/aromatic N) is 3. The molecule has 148 valence electrons. The molecular weight excluding hydrogens is 370 g/mol. The maximum Gasteiger partial charge on any atom is 0.338 e. The summed E-state index contributed by atoms with van der Waals surface area (Å²) < 4.78 is 11.1. The predicted octanol–water partition coefficient (Wildman–Crippen LogP) is 4.17. The first-order valence-electron chi connectivity index (χ1n) is 9.62. The minimum Gasteiger partial charge on any atom is -0.449 e. The van der Waals surface area contributed by atoms with Gasteiger partial charge in [0.1, 0.15) is 0 Å². The van der Waals surface area contributed by atoms with Crippen molar-refractivity contribution in [3.05, 3.63) is 66.1 Å². The molecule has 7 nitrogen and oxygen atoms in total. The van der Waals surface area contributed by atoms with Gasteiger partial charge in [-0.25, -0.2) is 4.79 Å². The van der Waals surface area contributed by atoms with Crippen molar-refractivity contribution in [2.24, 2.45) is 0 Å². The van der Waals surface area contributed by atoms with E-state index < -0.39 is 12.1 Å². The maximum absolute atomic E-state index is 12.5. The van der Waals surface area contributed by atoms with Gasteiger partial charge in [-0.15, -0.1) is 10.2 Å². The van der Waals surface area contributed by atoms with Gasteiger partial charge in [0.05, 0.1) is 5.56 Å². The number of rotatable bonds is 5. The summed E-state index contributed by atoms with van der Waals surface area (Å²) in [5.41, 5.74) is 1.99. The molecule has 1 aromatic heterocycles. The number of carbonyl (C=O) groups is 2. The third-order valence-electron chi connectivity index (χ3n) is 4.83. The first-order chi connectivity index (χ1) is 14.1. The molecule has 1 unspecified atom stereocenters. The van der Waals surface area contributed by atoms with Crippen molar-refractivity contribution in [1.82, 2.24) is 10.2 Å². The van der Waals surface area contributed by atoms with Gasteiger partial charge in [-0.1, -0.05) is 18.2 Å². The summed E-state index contributed by atoms with van der Waals surface area (Å²) >= 11 is 0. The smallest absolute Gasteiger partial charge is 0.338 e. The molecule has 1 aliphatic rings. The van der Waals surface area contributed by atoms with Gasteiger partial charge in [0.25, 0.3) is 5.89 Å². The molecule has 1 fully saturated rings. The molecule has 0 saturated carbocycles. The molecule has 0 aliphatic carbocycles. The molecule has 2 heterocycles. The van der Waals surface area contributed by atoms with Crippen molar-refractivity contribution in [2.45, 2.75) is 32.3 Å². The van der Waals surface area contributed by atoms with Crippen molar-refractivity contribution in [3.8, 4) is 11.5 Å². The molecule has 0 bridgehead atoms. The topological polar surface area (TPSA) is 85.5 Å². The Labute approximate surface area is 168 Å². The highest BCUT2D eigenvalue weighted by Crippen LogP contribution is 2.24. The molecule has 4 rings (SSSR count). The van der Waals surface area contributed by atoms with Gasteiger partial charge in [-0.2, -0.15) is 0 Å². The number of aromatic nitrogens is 2. The molecular formula is C22H21N3O4. The highest BCUT2D eigenvalue weighted by molar-refractivity contribution is 5.95. The predicted molar refractivity (Wildman–Crippen MR) is 106 cm³/mol. The van der Waals surface area contributed by atoms with Crippen molar-refractivity contribution >= 4 is 17.6 Å².